The normalized spacial score (nSPS) is 11.9. The van der Waals surface area contributed by atoms with E-state index in [2.05, 4.69) is 39.6 Å². The summed E-state index contributed by atoms with van der Waals surface area (Å²) in [6.45, 7) is 9.26. The average molecular weight is 345 g/mol. The highest BCUT2D eigenvalue weighted by Crippen LogP contribution is 2.13. The highest BCUT2D eigenvalue weighted by atomic mass is 16.5. The number of nitrogens with one attached hydrogen (secondary N) is 2. The molecule has 0 aliphatic carbocycles. The summed E-state index contributed by atoms with van der Waals surface area (Å²) in [5.74, 6) is 2.45. The maximum absolute atomic E-state index is 5.54. The summed E-state index contributed by atoms with van der Waals surface area (Å²) in [5, 5.41) is 10.5. The number of ether oxygens (including phenoxy) is 1. The van der Waals surface area contributed by atoms with E-state index in [0.29, 0.717) is 30.8 Å². The molecule has 0 unspecified atom stereocenters. The maximum Gasteiger partial charge on any atom is 0.213 e. The largest absolute Gasteiger partial charge is 0.475 e. The zero-order valence-corrected chi connectivity index (χ0v) is 15.5. The molecule has 0 amide bonds. The summed E-state index contributed by atoms with van der Waals surface area (Å²) in [6, 6.07) is 5.81. The molecule has 2 rings (SSSR count). The summed E-state index contributed by atoms with van der Waals surface area (Å²) in [4.78, 5) is 8.49. The summed E-state index contributed by atoms with van der Waals surface area (Å²) in [7, 11) is 1.73. The van der Waals surface area contributed by atoms with Gasteiger partial charge in [0.25, 0.3) is 0 Å². The molecule has 7 nitrogen and oxygen atoms in total. The van der Waals surface area contributed by atoms with Gasteiger partial charge in [0.1, 0.15) is 0 Å². The fourth-order valence-electron chi connectivity index (χ4n) is 2.09. The molecule has 2 N–H and O–H groups in total. The molecule has 136 valence electrons. The van der Waals surface area contributed by atoms with Crippen LogP contribution in [0.25, 0.3) is 0 Å². The lowest BCUT2D eigenvalue weighted by atomic mass is 10.1. The van der Waals surface area contributed by atoms with Crippen molar-refractivity contribution in [1.29, 1.82) is 0 Å². The number of hydrogen-bond donors (Lipinski definition) is 2. The van der Waals surface area contributed by atoms with E-state index in [9.17, 15) is 0 Å². The molecule has 0 fully saturated rings. The molecule has 7 heteroatoms. The van der Waals surface area contributed by atoms with Crippen LogP contribution < -0.4 is 15.4 Å². The van der Waals surface area contributed by atoms with E-state index in [4.69, 9.17) is 9.26 Å². The molecule has 0 spiro atoms. The van der Waals surface area contributed by atoms with Gasteiger partial charge in [-0.05, 0) is 25.3 Å². The van der Waals surface area contributed by atoms with Gasteiger partial charge in [0.05, 0.1) is 18.3 Å². The molecular formula is C18H27N5O2. The Balaban J connectivity index is 1.81. The minimum atomic E-state index is 0.117. The number of aliphatic imine (C=N–C) groups is 1. The Kier molecular flexibility index (Phi) is 6.80. The van der Waals surface area contributed by atoms with Crippen molar-refractivity contribution in [3.05, 3.63) is 41.4 Å². The predicted molar refractivity (Wildman–Crippen MR) is 97.6 cm³/mol. The molecule has 0 aliphatic heterocycles. The maximum atomic E-state index is 5.54. The third-order valence-corrected chi connectivity index (χ3v) is 3.44. The van der Waals surface area contributed by atoms with Gasteiger partial charge in [-0.15, -0.1) is 0 Å². The molecule has 0 atom stereocenters. The summed E-state index contributed by atoms with van der Waals surface area (Å²) in [5.41, 5.74) is 2.00. The Bertz CT molecular complexity index is 677. The Morgan fingerprint density at radius 1 is 1.20 bits per heavy atom. The minimum Gasteiger partial charge on any atom is -0.475 e. The highest BCUT2D eigenvalue weighted by molar-refractivity contribution is 5.79. The van der Waals surface area contributed by atoms with Gasteiger partial charge in [0, 0.05) is 31.9 Å². The second kappa shape index (κ2) is 9.05. The summed E-state index contributed by atoms with van der Waals surface area (Å²) in [6.07, 6.45) is 1.91. The van der Waals surface area contributed by atoms with Gasteiger partial charge in [0.2, 0.25) is 5.88 Å². The first kappa shape index (κ1) is 18.8. The molecule has 2 heterocycles. The van der Waals surface area contributed by atoms with Crippen molar-refractivity contribution < 1.29 is 9.26 Å². The van der Waals surface area contributed by atoms with Crippen LogP contribution in [0.5, 0.6) is 5.88 Å². The zero-order valence-electron chi connectivity index (χ0n) is 15.5. The van der Waals surface area contributed by atoms with E-state index < -0.39 is 0 Å². The molecular weight excluding hydrogens is 318 g/mol. The van der Waals surface area contributed by atoms with E-state index in [1.165, 1.54) is 0 Å². The fraction of sp³-hybridized carbons (Fsp3) is 0.500. The van der Waals surface area contributed by atoms with Crippen LogP contribution in [-0.4, -0.2) is 29.3 Å². The highest BCUT2D eigenvalue weighted by Gasteiger charge is 2.08. The lowest BCUT2D eigenvalue weighted by molar-refractivity contribution is 0.232. The van der Waals surface area contributed by atoms with Crippen molar-refractivity contribution in [2.45, 2.75) is 52.8 Å². The Morgan fingerprint density at radius 2 is 1.96 bits per heavy atom. The van der Waals surface area contributed by atoms with E-state index in [-0.39, 0.29) is 6.10 Å². The lowest BCUT2D eigenvalue weighted by Gasteiger charge is -2.11. The standard InChI is InChI=1S/C18H27N5O2/c1-12(2)16-8-15(25-23-16)11-22-18(19-5)21-10-14-6-7-17(20-9-14)24-13(3)4/h6-9,12-13H,10-11H2,1-5H3,(H2,19,21,22). The topological polar surface area (TPSA) is 84.6 Å². The number of guanidine groups is 1. The van der Waals surface area contributed by atoms with Gasteiger partial charge in [-0.1, -0.05) is 25.1 Å². The van der Waals surface area contributed by atoms with Gasteiger partial charge >= 0.3 is 0 Å². The van der Waals surface area contributed by atoms with Crippen molar-refractivity contribution in [1.82, 2.24) is 20.8 Å². The van der Waals surface area contributed by atoms with Gasteiger partial charge in [0.15, 0.2) is 11.7 Å². The van der Waals surface area contributed by atoms with E-state index >= 15 is 0 Å². The first-order valence-corrected chi connectivity index (χ1v) is 8.49. The van der Waals surface area contributed by atoms with Crippen LogP contribution in [-0.2, 0) is 13.1 Å². The number of pyridine rings is 1. The molecule has 2 aromatic heterocycles. The van der Waals surface area contributed by atoms with Gasteiger partial charge in [-0.25, -0.2) is 4.98 Å². The van der Waals surface area contributed by atoms with E-state index in [1.807, 2.05) is 32.0 Å². The second-order valence-electron chi connectivity index (χ2n) is 6.32. The molecule has 0 aromatic carbocycles. The first-order chi connectivity index (χ1) is 12.0. The number of rotatable bonds is 7. The zero-order chi connectivity index (χ0) is 18.2. The molecule has 2 aromatic rings. The number of hydrogen-bond acceptors (Lipinski definition) is 5. The predicted octanol–water partition coefficient (Wildman–Crippen LogP) is 2.85. The summed E-state index contributed by atoms with van der Waals surface area (Å²) >= 11 is 0. The first-order valence-electron chi connectivity index (χ1n) is 8.49. The molecule has 0 bridgehead atoms. The van der Waals surface area contributed by atoms with Crippen LogP contribution in [0.2, 0.25) is 0 Å². The van der Waals surface area contributed by atoms with E-state index in [0.717, 1.165) is 17.0 Å². The van der Waals surface area contributed by atoms with Gasteiger partial charge < -0.3 is 19.9 Å². The smallest absolute Gasteiger partial charge is 0.213 e. The van der Waals surface area contributed by atoms with Gasteiger partial charge in [-0.2, -0.15) is 0 Å². The Morgan fingerprint density at radius 3 is 2.52 bits per heavy atom. The van der Waals surface area contributed by atoms with Crippen molar-refractivity contribution >= 4 is 5.96 Å². The monoisotopic (exact) mass is 345 g/mol. The average Bonchev–Trinajstić information content (AvgIpc) is 3.05. The van der Waals surface area contributed by atoms with Crippen molar-refractivity contribution in [3.63, 3.8) is 0 Å². The van der Waals surface area contributed by atoms with Crippen LogP contribution in [0, 0.1) is 0 Å². The summed E-state index contributed by atoms with van der Waals surface area (Å²) < 4.78 is 10.8. The van der Waals surface area contributed by atoms with Crippen LogP contribution in [0.3, 0.4) is 0 Å². The third-order valence-electron chi connectivity index (χ3n) is 3.44. The van der Waals surface area contributed by atoms with Crippen LogP contribution in [0.1, 0.15) is 50.6 Å². The van der Waals surface area contributed by atoms with Crippen LogP contribution in [0.4, 0.5) is 0 Å². The molecule has 0 saturated heterocycles. The third kappa shape index (κ3) is 6.10. The lowest BCUT2D eigenvalue weighted by Crippen LogP contribution is -2.36. The number of nitrogens with zero attached hydrogens (tertiary/aromatic N) is 3. The van der Waals surface area contributed by atoms with Crippen LogP contribution >= 0.6 is 0 Å². The van der Waals surface area contributed by atoms with Crippen LogP contribution in [0.15, 0.2) is 33.9 Å². The van der Waals surface area contributed by atoms with Crippen molar-refractivity contribution in [3.8, 4) is 5.88 Å². The van der Waals surface area contributed by atoms with Gasteiger partial charge in [-0.3, -0.25) is 4.99 Å². The Labute approximate surface area is 148 Å². The molecule has 25 heavy (non-hydrogen) atoms. The molecule has 0 saturated carbocycles. The SMILES string of the molecule is CN=C(NCc1ccc(OC(C)C)nc1)NCc1cc(C(C)C)no1. The van der Waals surface area contributed by atoms with E-state index in [1.54, 1.807) is 13.2 Å². The Hall–Kier alpha value is -2.57. The van der Waals surface area contributed by atoms with Crippen molar-refractivity contribution in [2.75, 3.05) is 7.05 Å². The van der Waals surface area contributed by atoms with Crippen molar-refractivity contribution in [2.24, 2.45) is 4.99 Å². The second-order valence-corrected chi connectivity index (χ2v) is 6.32. The molecule has 0 radical (unpaired) electrons. The quantitative estimate of drug-likeness (QED) is 0.593. The fourth-order valence-corrected chi connectivity index (χ4v) is 2.09. The molecule has 0 aliphatic rings. The minimum absolute atomic E-state index is 0.117. The number of aromatic nitrogens is 2.